The largest absolute Gasteiger partial charge is 0.497 e. The number of nitrogens with one attached hydrogen (secondary N) is 2. The average molecular weight is 335 g/mol. The van der Waals surface area contributed by atoms with Crippen molar-refractivity contribution in [3.8, 4) is 5.75 Å². The summed E-state index contributed by atoms with van der Waals surface area (Å²) < 4.78 is 5.23. The summed E-state index contributed by atoms with van der Waals surface area (Å²) in [7, 11) is 1.63. The topological polar surface area (TPSA) is 85.1 Å². The summed E-state index contributed by atoms with van der Waals surface area (Å²) in [6.07, 6.45) is 1.48. The summed E-state index contributed by atoms with van der Waals surface area (Å²) in [6, 6.07) is 13.8. The Bertz CT molecular complexity index is 895. The minimum atomic E-state index is 0.450. The van der Waals surface area contributed by atoms with Crippen LogP contribution in [0, 0.1) is 13.8 Å². The van der Waals surface area contributed by atoms with Crippen molar-refractivity contribution in [1.29, 1.82) is 0 Å². The first-order valence-corrected chi connectivity index (χ1v) is 7.92. The van der Waals surface area contributed by atoms with Crippen molar-refractivity contribution in [2.75, 3.05) is 23.5 Å². The number of nitrogens with zero attached hydrogens (tertiary/aromatic N) is 2. The molecule has 1 aromatic heterocycles. The van der Waals surface area contributed by atoms with Crippen LogP contribution in [0.5, 0.6) is 5.75 Å². The zero-order valence-corrected chi connectivity index (χ0v) is 14.5. The molecule has 6 heteroatoms. The maximum Gasteiger partial charge on any atom is 0.159 e. The lowest BCUT2D eigenvalue weighted by Crippen LogP contribution is -2.06. The normalized spacial score (nSPS) is 10.4. The van der Waals surface area contributed by atoms with Gasteiger partial charge in [-0.15, -0.1) is 0 Å². The molecular weight excluding hydrogens is 314 g/mol. The van der Waals surface area contributed by atoms with E-state index in [0.717, 1.165) is 28.3 Å². The van der Waals surface area contributed by atoms with Crippen LogP contribution < -0.4 is 21.1 Å². The van der Waals surface area contributed by atoms with Crippen LogP contribution in [0.25, 0.3) is 0 Å². The highest BCUT2D eigenvalue weighted by Crippen LogP contribution is 2.30. The fourth-order valence-corrected chi connectivity index (χ4v) is 2.43. The molecule has 0 unspecified atom stereocenters. The molecule has 128 valence electrons. The third-order valence-corrected chi connectivity index (χ3v) is 3.86. The van der Waals surface area contributed by atoms with E-state index in [2.05, 4.69) is 38.8 Å². The molecule has 3 rings (SSSR count). The third kappa shape index (κ3) is 3.80. The van der Waals surface area contributed by atoms with Gasteiger partial charge in [-0.3, -0.25) is 0 Å². The van der Waals surface area contributed by atoms with E-state index in [9.17, 15) is 0 Å². The van der Waals surface area contributed by atoms with E-state index >= 15 is 0 Å². The van der Waals surface area contributed by atoms with Gasteiger partial charge in [0.2, 0.25) is 0 Å². The van der Waals surface area contributed by atoms with Gasteiger partial charge in [0.25, 0.3) is 0 Å². The van der Waals surface area contributed by atoms with Crippen molar-refractivity contribution < 1.29 is 4.74 Å². The van der Waals surface area contributed by atoms with Gasteiger partial charge < -0.3 is 21.1 Å². The van der Waals surface area contributed by atoms with Gasteiger partial charge in [0.1, 0.15) is 17.8 Å². The van der Waals surface area contributed by atoms with E-state index in [1.54, 1.807) is 7.11 Å². The Balaban J connectivity index is 1.88. The van der Waals surface area contributed by atoms with Crippen molar-refractivity contribution >= 4 is 28.7 Å². The Hall–Kier alpha value is -3.28. The molecule has 25 heavy (non-hydrogen) atoms. The number of hydrogen-bond acceptors (Lipinski definition) is 6. The van der Waals surface area contributed by atoms with Gasteiger partial charge in [0.15, 0.2) is 11.6 Å². The highest BCUT2D eigenvalue weighted by Gasteiger charge is 2.10. The van der Waals surface area contributed by atoms with Gasteiger partial charge in [0, 0.05) is 17.4 Å². The van der Waals surface area contributed by atoms with E-state index in [0.29, 0.717) is 17.3 Å². The smallest absolute Gasteiger partial charge is 0.159 e. The first-order valence-electron chi connectivity index (χ1n) is 7.92. The molecule has 6 nitrogen and oxygen atoms in total. The predicted octanol–water partition coefficient (Wildman–Crippen LogP) is 4.17. The second kappa shape index (κ2) is 7.09. The Morgan fingerprint density at radius 3 is 2.48 bits per heavy atom. The molecule has 0 saturated heterocycles. The Morgan fingerprint density at radius 2 is 1.72 bits per heavy atom. The lowest BCUT2D eigenvalue weighted by atomic mass is 10.1. The molecule has 0 aliphatic carbocycles. The van der Waals surface area contributed by atoms with Crippen LogP contribution in [0.2, 0.25) is 0 Å². The highest BCUT2D eigenvalue weighted by atomic mass is 16.5. The number of anilines is 5. The standard InChI is InChI=1S/C19H21N5O/c1-12-7-8-13(2)16(9-12)24-19-17(20)18(21-11-22-19)23-14-5-4-6-15(10-14)25-3/h4-11H,20H2,1-3H3,(H2,21,22,23,24). The zero-order valence-electron chi connectivity index (χ0n) is 14.5. The summed E-state index contributed by atoms with van der Waals surface area (Å²) in [6.45, 7) is 4.08. The molecule has 0 spiro atoms. The predicted molar refractivity (Wildman–Crippen MR) is 102 cm³/mol. The number of hydrogen-bond donors (Lipinski definition) is 3. The van der Waals surface area contributed by atoms with Crippen LogP contribution in [0.1, 0.15) is 11.1 Å². The fraction of sp³-hybridized carbons (Fsp3) is 0.158. The fourth-order valence-electron chi connectivity index (χ4n) is 2.43. The van der Waals surface area contributed by atoms with E-state index in [4.69, 9.17) is 10.5 Å². The van der Waals surface area contributed by atoms with Gasteiger partial charge >= 0.3 is 0 Å². The monoisotopic (exact) mass is 335 g/mol. The van der Waals surface area contributed by atoms with Crippen LogP contribution in [0.3, 0.4) is 0 Å². The highest BCUT2D eigenvalue weighted by molar-refractivity contribution is 5.81. The van der Waals surface area contributed by atoms with Crippen molar-refractivity contribution in [3.05, 3.63) is 59.9 Å². The molecule has 2 aromatic carbocycles. The number of benzene rings is 2. The minimum Gasteiger partial charge on any atom is -0.497 e. The lowest BCUT2D eigenvalue weighted by Gasteiger charge is -2.14. The quantitative estimate of drug-likeness (QED) is 0.649. The molecule has 0 bridgehead atoms. The van der Waals surface area contributed by atoms with E-state index in [1.165, 1.54) is 6.33 Å². The maximum absolute atomic E-state index is 6.26. The zero-order chi connectivity index (χ0) is 17.8. The number of aryl methyl sites for hydroxylation is 2. The number of methoxy groups -OCH3 is 1. The maximum atomic E-state index is 6.26. The van der Waals surface area contributed by atoms with E-state index in [1.807, 2.05) is 38.1 Å². The molecule has 0 aliphatic heterocycles. The summed E-state index contributed by atoms with van der Waals surface area (Å²) in [4.78, 5) is 8.51. The molecular formula is C19H21N5O. The first-order chi connectivity index (χ1) is 12.1. The van der Waals surface area contributed by atoms with Crippen LogP contribution in [-0.2, 0) is 0 Å². The molecule has 0 atom stereocenters. The van der Waals surface area contributed by atoms with Gasteiger partial charge in [-0.1, -0.05) is 18.2 Å². The SMILES string of the molecule is COc1cccc(Nc2ncnc(Nc3cc(C)ccc3C)c2N)c1. The summed E-state index contributed by atoms with van der Waals surface area (Å²) >= 11 is 0. The van der Waals surface area contributed by atoms with Crippen molar-refractivity contribution in [2.45, 2.75) is 13.8 Å². The molecule has 0 aliphatic rings. The summed E-state index contributed by atoms with van der Waals surface area (Å²) in [5.74, 6) is 1.86. The van der Waals surface area contributed by atoms with Crippen LogP contribution in [-0.4, -0.2) is 17.1 Å². The molecule has 0 fully saturated rings. The van der Waals surface area contributed by atoms with Gasteiger partial charge in [-0.25, -0.2) is 9.97 Å². The molecule has 1 heterocycles. The van der Waals surface area contributed by atoms with Gasteiger partial charge in [-0.2, -0.15) is 0 Å². The molecule has 0 saturated carbocycles. The average Bonchev–Trinajstić information content (AvgIpc) is 2.61. The summed E-state index contributed by atoms with van der Waals surface area (Å²) in [5.41, 5.74) is 10.8. The Kier molecular flexibility index (Phi) is 4.70. The molecule has 0 amide bonds. The number of aromatic nitrogens is 2. The first kappa shape index (κ1) is 16.6. The third-order valence-electron chi connectivity index (χ3n) is 3.86. The molecule has 4 N–H and O–H groups in total. The number of nitrogen functional groups attached to an aromatic ring is 1. The van der Waals surface area contributed by atoms with Crippen LogP contribution >= 0.6 is 0 Å². The molecule has 0 radical (unpaired) electrons. The Labute approximate surface area is 147 Å². The van der Waals surface area contributed by atoms with Crippen molar-refractivity contribution in [2.24, 2.45) is 0 Å². The number of rotatable bonds is 5. The minimum absolute atomic E-state index is 0.450. The number of ether oxygens (including phenoxy) is 1. The Morgan fingerprint density at radius 1 is 0.960 bits per heavy atom. The summed E-state index contributed by atoms with van der Waals surface area (Å²) in [5, 5.41) is 6.49. The van der Waals surface area contributed by atoms with Gasteiger partial charge in [0.05, 0.1) is 7.11 Å². The second-order valence-electron chi connectivity index (χ2n) is 5.78. The van der Waals surface area contributed by atoms with Crippen LogP contribution in [0.4, 0.5) is 28.7 Å². The van der Waals surface area contributed by atoms with E-state index < -0.39 is 0 Å². The van der Waals surface area contributed by atoms with Crippen LogP contribution in [0.15, 0.2) is 48.8 Å². The van der Waals surface area contributed by atoms with Crippen molar-refractivity contribution in [3.63, 3.8) is 0 Å². The number of nitrogens with two attached hydrogens (primary N) is 1. The molecule has 3 aromatic rings. The van der Waals surface area contributed by atoms with Crippen molar-refractivity contribution in [1.82, 2.24) is 9.97 Å². The second-order valence-corrected chi connectivity index (χ2v) is 5.78. The van der Waals surface area contributed by atoms with E-state index in [-0.39, 0.29) is 0 Å². The lowest BCUT2D eigenvalue weighted by molar-refractivity contribution is 0.415. The van der Waals surface area contributed by atoms with Gasteiger partial charge in [-0.05, 0) is 43.2 Å².